The Labute approximate surface area is 129 Å². The van der Waals surface area contributed by atoms with Crippen LogP contribution in [0, 0.1) is 6.92 Å². The van der Waals surface area contributed by atoms with Gasteiger partial charge in [0.05, 0.1) is 5.60 Å². The Morgan fingerprint density at radius 1 is 1.41 bits per heavy atom. The quantitative estimate of drug-likeness (QED) is 0.863. The lowest BCUT2D eigenvalue weighted by atomic mass is 9.93. The molecule has 0 bridgehead atoms. The molecular formula is C17H19N3O2. The molecule has 0 amide bonds. The molecule has 2 aromatic heterocycles. The van der Waals surface area contributed by atoms with E-state index in [1.165, 1.54) is 0 Å². The molecule has 1 aliphatic rings. The summed E-state index contributed by atoms with van der Waals surface area (Å²) in [5.41, 5.74) is 2.52. The summed E-state index contributed by atoms with van der Waals surface area (Å²) in [7, 11) is 0. The van der Waals surface area contributed by atoms with Gasteiger partial charge in [0.15, 0.2) is 0 Å². The first-order valence-corrected chi connectivity index (χ1v) is 7.40. The summed E-state index contributed by atoms with van der Waals surface area (Å²) in [6.07, 6.45) is 10.5. The maximum Gasteiger partial charge on any atom is 0.258 e. The lowest BCUT2D eigenvalue weighted by Crippen LogP contribution is -2.27. The predicted molar refractivity (Wildman–Crippen MR) is 84.0 cm³/mol. The van der Waals surface area contributed by atoms with Crippen molar-refractivity contribution in [3.05, 3.63) is 48.1 Å². The van der Waals surface area contributed by atoms with Crippen molar-refractivity contribution in [2.45, 2.75) is 32.8 Å². The topological polar surface area (TPSA) is 61.0 Å². The highest BCUT2D eigenvalue weighted by Gasteiger charge is 2.25. The summed E-state index contributed by atoms with van der Waals surface area (Å²) >= 11 is 0. The van der Waals surface area contributed by atoms with Crippen LogP contribution in [0.15, 0.2) is 41.2 Å². The van der Waals surface area contributed by atoms with Gasteiger partial charge in [-0.2, -0.15) is 4.98 Å². The Kier molecular flexibility index (Phi) is 3.90. The van der Waals surface area contributed by atoms with Gasteiger partial charge in [-0.1, -0.05) is 17.3 Å². The Bertz CT molecular complexity index is 733. The van der Waals surface area contributed by atoms with E-state index in [-0.39, 0.29) is 5.60 Å². The average Bonchev–Trinajstić information content (AvgIpc) is 2.97. The van der Waals surface area contributed by atoms with E-state index in [4.69, 9.17) is 9.26 Å². The standard InChI is InChI=1S/C17H19N3O2/c1-4-21-17(3)8-5-6-13(10-17)16-19-15(20-22-16)14-7-9-18-11-12(14)2/h5-7,9-11H,4,8H2,1-3H3. The van der Waals surface area contributed by atoms with Crippen LogP contribution in [-0.2, 0) is 4.74 Å². The molecule has 0 aromatic carbocycles. The second-order valence-corrected chi connectivity index (χ2v) is 5.57. The second-order valence-electron chi connectivity index (χ2n) is 5.57. The van der Waals surface area contributed by atoms with E-state index in [2.05, 4.69) is 28.1 Å². The van der Waals surface area contributed by atoms with Gasteiger partial charge in [0.2, 0.25) is 5.82 Å². The molecule has 0 aliphatic heterocycles. The number of allylic oxidation sites excluding steroid dienone is 2. The molecule has 2 aromatic rings. The molecular weight excluding hydrogens is 278 g/mol. The van der Waals surface area contributed by atoms with Crippen molar-refractivity contribution in [1.82, 2.24) is 15.1 Å². The lowest BCUT2D eigenvalue weighted by molar-refractivity contribution is 0.0157. The van der Waals surface area contributed by atoms with Crippen molar-refractivity contribution in [2.75, 3.05) is 6.61 Å². The molecule has 114 valence electrons. The fourth-order valence-electron chi connectivity index (χ4n) is 2.59. The molecule has 5 heteroatoms. The van der Waals surface area contributed by atoms with Crippen LogP contribution in [0.25, 0.3) is 17.0 Å². The summed E-state index contributed by atoms with van der Waals surface area (Å²) in [6, 6.07) is 1.89. The smallest absolute Gasteiger partial charge is 0.258 e. The number of rotatable bonds is 4. The number of pyridine rings is 1. The molecule has 0 radical (unpaired) electrons. The van der Waals surface area contributed by atoms with Gasteiger partial charge in [-0.05, 0) is 44.9 Å². The third-order valence-corrected chi connectivity index (χ3v) is 3.69. The molecule has 0 fully saturated rings. The van der Waals surface area contributed by atoms with E-state index in [1.54, 1.807) is 12.4 Å². The van der Waals surface area contributed by atoms with Gasteiger partial charge >= 0.3 is 0 Å². The SMILES string of the molecule is CCOC1(C)C=C(c2nc(-c3ccncc3C)no2)C=CC1. The largest absolute Gasteiger partial charge is 0.371 e. The summed E-state index contributed by atoms with van der Waals surface area (Å²) in [5, 5.41) is 4.09. The zero-order valence-corrected chi connectivity index (χ0v) is 13.0. The van der Waals surface area contributed by atoms with Gasteiger partial charge in [0.25, 0.3) is 5.89 Å². The normalized spacial score (nSPS) is 21.0. The first kappa shape index (κ1) is 14.7. The Balaban J connectivity index is 1.93. The third-order valence-electron chi connectivity index (χ3n) is 3.69. The first-order chi connectivity index (χ1) is 10.6. The minimum Gasteiger partial charge on any atom is -0.371 e. The predicted octanol–water partition coefficient (Wildman–Crippen LogP) is 3.58. The van der Waals surface area contributed by atoms with Crippen LogP contribution in [0.2, 0.25) is 0 Å². The van der Waals surface area contributed by atoms with Crippen LogP contribution in [-0.4, -0.2) is 27.3 Å². The number of hydrogen-bond acceptors (Lipinski definition) is 5. The highest BCUT2D eigenvalue weighted by Crippen LogP contribution is 2.30. The summed E-state index contributed by atoms with van der Waals surface area (Å²) in [5.74, 6) is 1.08. The van der Waals surface area contributed by atoms with Crippen molar-refractivity contribution in [1.29, 1.82) is 0 Å². The summed E-state index contributed by atoms with van der Waals surface area (Å²) in [6.45, 7) is 6.70. The number of hydrogen-bond donors (Lipinski definition) is 0. The Morgan fingerprint density at radius 3 is 3.05 bits per heavy atom. The molecule has 22 heavy (non-hydrogen) atoms. The van der Waals surface area contributed by atoms with Crippen LogP contribution >= 0.6 is 0 Å². The second kappa shape index (κ2) is 5.85. The number of ether oxygens (including phenoxy) is 1. The molecule has 1 unspecified atom stereocenters. The van der Waals surface area contributed by atoms with E-state index in [0.717, 1.165) is 23.1 Å². The highest BCUT2D eigenvalue weighted by atomic mass is 16.5. The first-order valence-electron chi connectivity index (χ1n) is 7.40. The van der Waals surface area contributed by atoms with Gasteiger partial charge in [0, 0.05) is 30.1 Å². The Morgan fingerprint density at radius 2 is 2.27 bits per heavy atom. The van der Waals surface area contributed by atoms with Gasteiger partial charge in [-0.15, -0.1) is 0 Å². The van der Waals surface area contributed by atoms with Gasteiger partial charge in [0.1, 0.15) is 0 Å². The zero-order chi connectivity index (χ0) is 15.6. The number of nitrogens with zero attached hydrogens (tertiary/aromatic N) is 3. The molecule has 0 saturated carbocycles. The van der Waals surface area contributed by atoms with Crippen LogP contribution in [0.1, 0.15) is 31.7 Å². The zero-order valence-electron chi connectivity index (χ0n) is 13.0. The van der Waals surface area contributed by atoms with Crippen molar-refractivity contribution >= 4 is 5.57 Å². The minimum absolute atomic E-state index is 0.319. The molecule has 0 spiro atoms. The van der Waals surface area contributed by atoms with Crippen LogP contribution in [0.4, 0.5) is 0 Å². The molecule has 3 rings (SSSR count). The molecule has 0 saturated heterocycles. The molecule has 1 aliphatic carbocycles. The highest BCUT2D eigenvalue weighted by molar-refractivity contribution is 5.72. The van der Waals surface area contributed by atoms with E-state index >= 15 is 0 Å². The fraction of sp³-hybridized carbons (Fsp3) is 0.353. The van der Waals surface area contributed by atoms with E-state index in [0.29, 0.717) is 18.3 Å². The molecule has 0 N–H and O–H groups in total. The maximum absolute atomic E-state index is 5.81. The third kappa shape index (κ3) is 2.85. The Hall–Kier alpha value is -2.27. The monoisotopic (exact) mass is 297 g/mol. The number of aromatic nitrogens is 3. The van der Waals surface area contributed by atoms with E-state index in [1.807, 2.05) is 32.1 Å². The van der Waals surface area contributed by atoms with Crippen molar-refractivity contribution < 1.29 is 9.26 Å². The minimum atomic E-state index is -0.319. The van der Waals surface area contributed by atoms with E-state index < -0.39 is 0 Å². The van der Waals surface area contributed by atoms with Crippen LogP contribution in [0.5, 0.6) is 0 Å². The van der Waals surface area contributed by atoms with E-state index in [9.17, 15) is 0 Å². The van der Waals surface area contributed by atoms with Gasteiger partial charge in [-0.3, -0.25) is 4.98 Å². The fourth-order valence-corrected chi connectivity index (χ4v) is 2.59. The van der Waals surface area contributed by atoms with Crippen LogP contribution in [0.3, 0.4) is 0 Å². The van der Waals surface area contributed by atoms with Gasteiger partial charge < -0.3 is 9.26 Å². The van der Waals surface area contributed by atoms with Crippen molar-refractivity contribution in [3.63, 3.8) is 0 Å². The van der Waals surface area contributed by atoms with Gasteiger partial charge in [-0.25, -0.2) is 0 Å². The maximum atomic E-state index is 5.81. The number of aryl methyl sites for hydroxylation is 1. The summed E-state index contributed by atoms with van der Waals surface area (Å²) < 4.78 is 11.2. The van der Waals surface area contributed by atoms with Crippen molar-refractivity contribution in [2.24, 2.45) is 0 Å². The van der Waals surface area contributed by atoms with Crippen molar-refractivity contribution in [3.8, 4) is 11.4 Å². The molecule has 1 atom stereocenters. The molecule has 5 nitrogen and oxygen atoms in total. The molecule has 2 heterocycles. The summed E-state index contributed by atoms with van der Waals surface area (Å²) in [4.78, 5) is 8.59. The van der Waals surface area contributed by atoms with Crippen LogP contribution < -0.4 is 0 Å². The lowest BCUT2D eigenvalue weighted by Gasteiger charge is -2.27. The average molecular weight is 297 g/mol.